The van der Waals surface area contributed by atoms with Crippen LogP contribution in [0.4, 0.5) is 11.4 Å². The number of carbonyl (C=O) groups excluding carboxylic acids is 4. The lowest BCUT2D eigenvalue weighted by Crippen LogP contribution is -2.32. The highest BCUT2D eigenvalue weighted by Crippen LogP contribution is 2.38. The Balaban J connectivity index is 1.66. The molecule has 0 aliphatic carbocycles. The number of amides is 2. The molecule has 3 aromatic rings. The number of carbonyl (C=O) groups is 4. The maximum Gasteiger partial charge on any atom is 0.338 e. The Hall–Kier alpha value is -4.08. The molecule has 1 aliphatic heterocycles. The molecule has 188 valence electrons. The standard InChI is InChI=1S/C27H21ClN2O6S/c1-15(2)36-27(35)17-5-11-20(12-6-17)30-24(31)22(29-19-9-3-16(4-10-19)26(33)34)23(25(30)32)37-21-13-7-18(28)8-14-21/h3-15,29H,1-2H3,(H,33,34)/p-1. The van der Waals surface area contributed by atoms with Gasteiger partial charge in [-0.2, -0.15) is 0 Å². The number of hydrogen-bond acceptors (Lipinski definition) is 8. The zero-order chi connectivity index (χ0) is 26.7. The van der Waals surface area contributed by atoms with Crippen LogP contribution in [-0.4, -0.2) is 29.9 Å². The molecule has 0 radical (unpaired) electrons. The van der Waals surface area contributed by atoms with Gasteiger partial charge in [-0.1, -0.05) is 35.5 Å². The summed E-state index contributed by atoms with van der Waals surface area (Å²) in [5.41, 5.74) is 0.960. The number of imide groups is 1. The molecule has 0 spiro atoms. The highest BCUT2D eigenvalue weighted by Gasteiger charge is 2.40. The minimum Gasteiger partial charge on any atom is -0.545 e. The molecule has 0 atom stereocenters. The third-order valence-electron chi connectivity index (χ3n) is 5.17. The summed E-state index contributed by atoms with van der Waals surface area (Å²) in [7, 11) is 0. The van der Waals surface area contributed by atoms with Gasteiger partial charge in [0.2, 0.25) is 0 Å². The normalized spacial score (nSPS) is 13.4. The molecule has 37 heavy (non-hydrogen) atoms. The summed E-state index contributed by atoms with van der Waals surface area (Å²) in [5, 5.41) is 14.5. The van der Waals surface area contributed by atoms with E-state index >= 15 is 0 Å². The second-order valence-electron chi connectivity index (χ2n) is 8.20. The fraction of sp³-hybridized carbons (Fsp3) is 0.111. The van der Waals surface area contributed by atoms with Crippen molar-refractivity contribution in [2.75, 3.05) is 10.2 Å². The molecule has 0 fully saturated rings. The van der Waals surface area contributed by atoms with Crippen LogP contribution in [0.5, 0.6) is 0 Å². The van der Waals surface area contributed by atoms with Gasteiger partial charge in [-0.05, 0) is 80.1 Å². The maximum atomic E-state index is 13.5. The average molecular weight is 536 g/mol. The molecule has 8 nitrogen and oxygen atoms in total. The third-order valence-corrected chi connectivity index (χ3v) is 6.51. The van der Waals surface area contributed by atoms with Gasteiger partial charge < -0.3 is 20.0 Å². The molecule has 2 amide bonds. The van der Waals surface area contributed by atoms with E-state index in [0.717, 1.165) is 16.7 Å². The zero-order valence-corrected chi connectivity index (χ0v) is 21.3. The number of nitrogens with one attached hydrogen (secondary N) is 1. The van der Waals surface area contributed by atoms with Crippen LogP contribution in [-0.2, 0) is 14.3 Å². The Morgan fingerprint density at radius 1 is 0.892 bits per heavy atom. The summed E-state index contributed by atoms with van der Waals surface area (Å²) in [4.78, 5) is 52.0. The Morgan fingerprint density at radius 3 is 2.05 bits per heavy atom. The largest absolute Gasteiger partial charge is 0.545 e. The van der Waals surface area contributed by atoms with Gasteiger partial charge in [0.1, 0.15) is 10.6 Å². The van der Waals surface area contributed by atoms with Crippen molar-refractivity contribution >= 4 is 58.5 Å². The van der Waals surface area contributed by atoms with E-state index in [-0.39, 0.29) is 33.5 Å². The van der Waals surface area contributed by atoms with Gasteiger partial charge in [0.25, 0.3) is 11.8 Å². The van der Waals surface area contributed by atoms with Crippen molar-refractivity contribution in [1.82, 2.24) is 0 Å². The highest BCUT2D eigenvalue weighted by molar-refractivity contribution is 8.04. The number of aromatic carboxylic acids is 1. The summed E-state index contributed by atoms with van der Waals surface area (Å²) in [5.74, 6) is -3.01. The summed E-state index contributed by atoms with van der Waals surface area (Å²) in [6.07, 6.45) is -0.292. The van der Waals surface area contributed by atoms with Crippen molar-refractivity contribution in [1.29, 1.82) is 0 Å². The number of nitrogens with zero attached hydrogens (tertiary/aromatic N) is 1. The zero-order valence-electron chi connectivity index (χ0n) is 19.7. The van der Waals surface area contributed by atoms with Gasteiger partial charge in [-0.3, -0.25) is 9.59 Å². The Morgan fingerprint density at radius 2 is 1.49 bits per heavy atom. The molecule has 0 bridgehead atoms. The first-order valence-electron chi connectivity index (χ1n) is 11.1. The number of esters is 1. The Kier molecular flexibility index (Phi) is 7.66. The number of carboxylic acids is 1. The van der Waals surface area contributed by atoms with Gasteiger partial charge in [-0.15, -0.1) is 0 Å². The topological polar surface area (TPSA) is 116 Å². The van der Waals surface area contributed by atoms with Crippen molar-refractivity contribution in [3.05, 3.63) is 99.5 Å². The second-order valence-corrected chi connectivity index (χ2v) is 9.72. The Labute approximate surface area is 221 Å². The van der Waals surface area contributed by atoms with E-state index in [1.54, 1.807) is 38.1 Å². The molecular weight excluding hydrogens is 516 g/mol. The predicted octanol–water partition coefficient (Wildman–Crippen LogP) is 4.26. The van der Waals surface area contributed by atoms with Crippen LogP contribution < -0.4 is 15.3 Å². The monoisotopic (exact) mass is 535 g/mol. The summed E-state index contributed by atoms with van der Waals surface area (Å²) in [6, 6.07) is 18.3. The smallest absolute Gasteiger partial charge is 0.338 e. The van der Waals surface area contributed by atoms with Crippen LogP contribution >= 0.6 is 23.4 Å². The van der Waals surface area contributed by atoms with Gasteiger partial charge in [0, 0.05) is 15.6 Å². The van der Waals surface area contributed by atoms with Crippen LogP contribution in [0.1, 0.15) is 34.6 Å². The van der Waals surface area contributed by atoms with E-state index in [0.29, 0.717) is 15.6 Å². The van der Waals surface area contributed by atoms with Crippen LogP contribution in [0, 0.1) is 0 Å². The van der Waals surface area contributed by atoms with Gasteiger partial charge >= 0.3 is 5.97 Å². The van der Waals surface area contributed by atoms with Crippen molar-refractivity contribution < 1.29 is 29.0 Å². The van der Waals surface area contributed by atoms with E-state index in [1.807, 2.05) is 0 Å². The lowest BCUT2D eigenvalue weighted by molar-refractivity contribution is -0.255. The molecule has 0 saturated carbocycles. The van der Waals surface area contributed by atoms with Crippen molar-refractivity contribution in [3.8, 4) is 0 Å². The fourth-order valence-corrected chi connectivity index (χ4v) is 4.49. The SMILES string of the molecule is CC(C)OC(=O)c1ccc(N2C(=O)C(Nc3ccc(C(=O)[O-])cc3)=C(Sc3ccc(Cl)cc3)C2=O)cc1. The molecule has 1 aliphatic rings. The molecular formula is C27H20ClN2O6S-. The van der Waals surface area contributed by atoms with Crippen molar-refractivity contribution in [3.63, 3.8) is 0 Å². The van der Waals surface area contributed by atoms with Crippen LogP contribution in [0.25, 0.3) is 0 Å². The first-order chi connectivity index (χ1) is 17.6. The lowest BCUT2D eigenvalue weighted by Gasteiger charge is -2.16. The molecule has 10 heteroatoms. The fourth-order valence-electron chi connectivity index (χ4n) is 3.43. The van der Waals surface area contributed by atoms with E-state index < -0.39 is 23.8 Å². The number of thioether (sulfide) groups is 1. The summed E-state index contributed by atoms with van der Waals surface area (Å²) in [6.45, 7) is 3.47. The van der Waals surface area contributed by atoms with Crippen molar-refractivity contribution in [2.24, 2.45) is 0 Å². The van der Waals surface area contributed by atoms with Gasteiger partial charge in [0.15, 0.2) is 0 Å². The van der Waals surface area contributed by atoms with Crippen LogP contribution in [0.2, 0.25) is 5.02 Å². The Bertz CT molecular complexity index is 1400. The average Bonchev–Trinajstić information content (AvgIpc) is 3.09. The van der Waals surface area contributed by atoms with E-state index in [1.165, 1.54) is 48.5 Å². The molecule has 3 aromatic carbocycles. The van der Waals surface area contributed by atoms with Crippen molar-refractivity contribution in [2.45, 2.75) is 24.8 Å². The molecule has 0 saturated heterocycles. The lowest BCUT2D eigenvalue weighted by atomic mass is 10.2. The number of anilines is 2. The van der Waals surface area contributed by atoms with Crippen LogP contribution in [0.15, 0.2) is 88.3 Å². The predicted molar refractivity (Wildman–Crippen MR) is 138 cm³/mol. The van der Waals surface area contributed by atoms with E-state index in [4.69, 9.17) is 16.3 Å². The molecule has 0 aromatic heterocycles. The first kappa shape index (κ1) is 26.0. The number of ether oxygens (including phenoxy) is 1. The molecule has 1 heterocycles. The first-order valence-corrected chi connectivity index (χ1v) is 12.3. The number of rotatable bonds is 8. The third kappa shape index (κ3) is 5.84. The minimum absolute atomic E-state index is 0.0226. The number of carboxylic acid groups (broad SMARTS) is 1. The van der Waals surface area contributed by atoms with Gasteiger partial charge in [-0.25, -0.2) is 9.69 Å². The van der Waals surface area contributed by atoms with E-state index in [2.05, 4.69) is 5.32 Å². The quantitative estimate of drug-likeness (QED) is 0.336. The number of hydrogen-bond donors (Lipinski definition) is 1. The molecule has 0 unspecified atom stereocenters. The van der Waals surface area contributed by atoms with Gasteiger partial charge in [0.05, 0.1) is 23.3 Å². The molecule has 1 N–H and O–H groups in total. The van der Waals surface area contributed by atoms with E-state index in [9.17, 15) is 24.3 Å². The summed E-state index contributed by atoms with van der Waals surface area (Å²) >= 11 is 7.06. The number of halogens is 1. The summed E-state index contributed by atoms with van der Waals surface area (Å²) < 4.78 is 5.18. The second kappa shape index (κ2) is 10.9. The minimum atomic E-state index is -1.33. The molecule has 4 rings (SSSR count). The highest BCUT2D eigenvalue weighted by atomic mass is 35.5. The van der Waals surface area contributed by atoms with Crippen LogP contribution in [0.3, 0.4) is 0 Å². The number of benzene rings is 3. The maximum absolute atomic E-state index is 13.5.